The van der Waals surface area contributed by atoms with Crippen LogP contribution in [-0.4, -0.2) is 30.5 Å². The number of halogens is 2. The minimum absolute atomic E-state index is 0. The van der Waals surface area contributed by atoms with E-state index in [0.717, 1.165) is 0 Å². The van der Waals surface area contributed by atoms with E-state index in [-0.39, 0.29) is 11.0 Å². The Labute approximate surface area is 76.4 Å². The molecule has 0 saturated heterocycles. The predicted molar refractivity (Wildman–Crippen MR) is 47.1 cm³/mol. The van der Waals surface area contributed by atoms with Crippen molar-refractivity contribution in [3.8, 4) is 0 Å². The van der Waals surface area contributed by atoms with Crippen LogP contribution < -0.4 is 0 Å². The van der Waals surface area contributed by atoms with Crippen molar-refractivity contribution >= 4 is 47.3 Å². The summed E-state index contributed by atoms with van der Waals surface area (Å²) >= 11 is 8.39. The van der Waals surface area contributed by atoms with Crippen LogP contribution in [0.4, 0.5) is 0 Å². The zero-order valence-corrected chi connectivity index (χ0v) is 7.56. The van der Waals surface area contributed by atoms with Crippen LogP contribution >= 0.6 is 36.4 Å². The van der Waals surface area contributed by atoms with Crippen molar-refractivity contribution in [3.63, 3.8) is 0 Å². The van der Waals surface area contributed by atoms with Crippen molar-refractivity contribution in [3.05, 3.63) is 0 Å². The van der Waals surface area contributed by atoms with Crippen molar-refractivity contribution in [2.45, 2.75) is 0 Å². The van der Waals surface area contributed by atoms with Gasteiger partial charge in [0.15, 0.2) is 0 Å². The third-order valence-electron chi connectivity index (χ3n) is 0. The first kappa shape index (κ1) is 18.0. The molecule has 0 atom stereocenters. The summed E-state index contributed by atoms with van der Waals surface area (Å²) in [6.45, 7) is -8.33. The maximum atomic E-state index is 9.09. The van der Waals surface area contributed by atoms with Gasteiger partial charge in [-0.2, -0.15) is 0 Å². The van der Waals surface area contributed by atoms with Gasteiger partial charge in [-0.05, 0) is 11.0 Å². The molecule has 0 amide bonds. The lowest BCUT2D eigenvalue weighted by atomic mass is 15.8. The summed E-state index contributed by atoms with van der Waals surface area (Å²) < 4.78 is 18.2. The molecule has 0 aliphatic heterocycles. The Morgan fingerprint density at radius 1 is 0.818 bits per heavy atom. The van der Waals surface area contributed by atoms with E-state index >= 15 is 0 Å². The fourth-order valence-electron chi connectivity index (χ4n) is 0. The first-order valence-electron chi connectivity index (χ1n) is 1.50. The Morgan fingerprint density at radius 3 is 0.818 bits per heavy atom. The molecule has 0 rings (SSSR count). The Morgan fingerprint density at radius 2 is 0.818 bits per heavy atom. The molecule has 0 aliphatic rings. The zero-order chi connectivity index (χ0) is 9.00. The van der Waals surface area contributed by atoms with Gasteiger partial charge in [0, 0.05) is 22.5 Å². The molecule has 0 aromatic carbocycles. The second-order valence-corrected chi connectivity index (χ2v) is 5.48. The number of rotatable bonds is 0. The third-order valence-corrected chi connectivity index (χ3v) is 0. The Bertz CT molecular complexity index is 131. The van der Waals surface area contributed by atoms with Crippen molar-refractivity contribution in [1.29, 1.82) is 0 Å². The molecule has 11 heteroatoms. The fourth-order valence-corrected chi connectivity index (χ4v) is 0. The van der Waals surface area contributed by atoms with E-state index in [9.17, 15) is 0 Å². The van der Waals surface area contributed by atoms with Crippen LogP contribution in [0.25, 0.3) is 0 Å². The maximum absolute atomic E-state index is 9.09. The largest absolute Gasteiger partial charge is 0.419 e. The van der Waals surface area contributed by atoms with Gasteiger partial charge in [0.1, 0.15) is 0 Å². The summed E-state index contributed by atoms with van der Waals surface area (Å²) in [5.41, 5.74) is 0. The molecule has 0 radical (unpaired) electrons. The molecule has 0 aromatic heterocycles. The van der Waals surface area contributed by atoms with E-state index in [1.807, 2.05) is 0 Å². The minimum Gasteiger partial charge on any atom is -0.313 e. The van der Waals surface area contributed by atoms with Crippen LogP contribution in [0.1, 0.15) is 0 Å². The van der Waals surface area contributed by atoms with Gasteiger partial charge in [0.05, 0.1) is 0 Å². The summed E-state index contributed by atoms with van der Waals surface area (Å²) in [4.78, 5) is 29.6. The molecule has 0 heterocycles. The highest BCUT2D eigenvalue weighted by molar-refractivity contribution is 7.80. The van der Waals surface area contributed by atoms with Crippen LogP contribution in [0, 0.1) is 0 Å². The molecule has 0 spiro atoms. The second-order valence-electron chi connectivity index (χ2n) is 0.946. The molecule has 0 saturated carbocycles. The first-order valence-corrected chi connectivity index (χ1v) is 6.54. The van der Waals surface area contributed by atoms with Gasteiger partial charge in [-0.15, -0.1) is 0 Å². The van der Waals surface area contributed by atoms with E-state index in [0.29, 0.717) is 0 Å². The maximum Gasteiger partial charge on any atom is 0.419 e. The summed E-state index contributed by atoms with van der Waals surface area (Å²) in [6, 6.07) is 0. The standard InChI is InChI=1S/2ClH2O3P.H4Si/c2*1-5(2,3)4;/h2*(H2,2,3,4);1H4. The lowest BCUT2D eigenvalue weighted by Crippen LogP contribution is -1.54. The van der Waals surface area contributed by atoms with Gasteiger partial charge in [-0.1, -0.05) is 0 Å². The van der Waals surface area contributed by atoms with E-state index in [1.54, 1.807) is 0 Å². The lowest BCUT2D eigenvalue weighted by molar-refractivity contribution is 0.393. The smallest absolute Gasteiger partial charge is 0.313 e. The van der Waals surface area contributed by atoms with Crippen LogP contribution in [-0.2, 0) is 9.13 Å². The normalized spacial score (nSPS) is 10.7. The van der Waals surface area contributed by atoms with E-state index in [4.69, 9.17) is 28.7 Å². The second kappa shape index (κ2) is 6.60. The molecule has 11 heavy (non-hydrogen) atoms. The molecule has 0 aromatic rings. The van der Waals surface area contributed by atoms with E-state index in [1.165, 1.54) is 0 Å². The fraction of sp³-hybridized carbons (Fsp3) is 0. The molecule has 4 N–H and O–H groups in total. The van der Waals surface area contributed by atoms with Gasteiger partial charge in [-0.25, -0.2) is 9.13 Å². The van der Waals surface area contributed by atoms with Crippen molar-refractivity contribution in [2.24, 2.45) is 0 Å². The Kier molecular flexibility index (Phi) is 10.8. The third kappa shape index (κ3) is 763. The van der Waals surface area contributed by atoms with Crippen molar-refractivity contribution in [2.75, 3.05) is 0 Å². The summed E-state index contributed by atoms with van der Waals surface area (Å²) in [7, 11) is 0. The summed E-state index contributed by atoms with van der Waals surface area (Å²) in [6.07, 6.45) is 0. The first-order chi connectivity index (χ1) is 4.00. The SMILES string of the molecule is O=P(O)(O)Cl.O=P(O)(O)Cl.[SiH4]. The van der Waals surface area contributed by atoms with Gasteiger partial charge in [0.2, 0.25) is 0 Å². The highest BCUT2D eigenvalue weighted by Gasteiger charge is 2.01. The molecular formula is H8Cl2O6P2Si. The highest BCUT2D eigenvalue weighted by Crippen LogP contribution is 2.40. The summed E-state index contributed by atoms with van der Waals surface area (Å²) in [5, 5.41) is 0. The number of hydrogen-bond donors (Lipinski definition) is 4. The molecule has 0 fully saturated rings. The predicted octanol–water partition coefficient (Wildman–Crippen LogP) is -0.816. The van der Waals surface area contributed by atoms with E-state index < -0.39 is 13.9 Å². The van der Waals surface area contributed by atoms with Crippen molar-refractivity contribution in [1.82, 2.24) is 0 Å². The van der Waals surface area contributed by atoms with Gasteiger partial charge in [0.25, 0.3) is 0 Å². The van der Waals surface area contributed by atoms with Crippen LogP contribution in [0.5, 0.6) is 0 Å². The van der Waals surface area contributed by atoms with Crippen molar-refractivity contribution < 1.29 is 28.7 Å². The molecule has 6 nitrogen and oxygen atoms in total. The van der Waals surface area contributed by atoms with E-state index in [2.05, 4.69) is 22.5 Å². The minimum atomic E-state index is -4.17. The summed E-state index contributed by atoms with van der Waals surface area (Å²) in [5.74, 6) is 0. The Balaban J connectivity index is -0.000000107. The number of hydrogen-bond acceptors (Lipinski definition) is 2. The van der Waals surface area contributed by atoms with Gasteiger partial charge < -0.3 is 19.6 Å². The van der Waals surface area contributed by atoms with Gasteiger partial charge >= 0.3 is 13.9 Å². The lowest BCUT2D eigenvalue weighted by Gasteiger charge is -1.80. The molecule has 72 valence electrons. The Hall–Kier alpha value is 1.10. The molecule has 0 unspecified atom stereocenters. The van der Waals surface area contributed by atoms with Crippen LogP contribution in [0.15, 0.2) is 0 Å². The molecule has 0 aliphatic carbocycles. The topological polar surface area (TPSA) is 115 Å². The monoisotopic (exact) mass is 264 g/mol. The highest BCUT2D eigenvalue weighted by atomic mass is 35.7. The quantitative estimate of drug-likeness (QED) is 0.336. The van der Waals surface area contributed by atoms with Gasteiger partial charge in [-0.3, -0.25) is 0 Å². The molecular weight excluding hydrogens is 257 g/mol. The average molecular weight is 265 g/mol. The average Bonchev–Trinajstić information content (AvgIpc) is 1.12. The zero-order valence-electron chi connectivity index (χ0n) is 4.26. The van der Waals surface area contributed by atoms with Crippen LogP contribution in [0.3, 0.4) is 0 Å². The molecule has 0 bridgehead atoms. The van der Waals surface area contributed by atoms with Crippen LogP contribution in [0.2, 0.25) is 0 Å².